The molecule has 0 unspecified atom stereocenters. The molecule has 0 aliphatic heterocycles. The Morgan fingerprint density at radius 1 is 1.27 bits per heavy atom. The van der Waals surface area contributed by atoms with Crippen molar-refractivity contribution in [2.45, 2.75) is 6.42 Å². The summed E-state index contributed by atoms with van der Waals surface area (Å²) in [6.07, 6.45) is 2.09. The lowest BCUT2D eigenvalue weighted by molar-refractivity contribution is 0.512. The number of hydrogen-bond donors (Lipinski definition) is 0. The Kier molecular flexibility index (Phi) is 3.18. The van der Waals surface area contributed by atoms with Crippen molar-refractivity contribution in [1.29, 1.82) is 0 Å². The second-order valence-electron chi connectivity index (χ2n) is 2.80. The van der Waals surface area contributed by atoms with E-state index in [-0.39, 0.29) is 0 Å². The molecule has 2 heterocycles. The van der Waals surface area contributed by atoms with E-state index >= 15 is 0 Å². The molecule has 78 valence electrons. The molecule has 0 N–H and O–H groups in total. The van der Waals surface area contributed by atoms with Crippen molar-refractivity contribution in [3.05, 3.63) is 29.2 Å². The first kappa shape index (κ1) is 10.4. The summed E-state index contributed by atoms with van der Waals surface area (Å²) in [5.41, 5.74) is 0.604. The molecule has 0 spiro atoms. The van der Waals surface area contributed by atoms with Gasteiger partial charge in [-0.25, -0.2) is 4.98 Å². The molecule has 0 aliphatic carbocycles. The van der Waals surface area contributed by atoms with Crippen LogP contribution in [0.2, 0.25) is 5.02 Å². The molecule has 6 heteroatoms. The predicted octanol–water partition coefficient (Wildman–Crippen LogP) is 2.57. The van der Waals surface area contributed by atoms with Crippen molar-refractivity contribution in [3.8, 4) is 11.6 Å². The van der Waals surface area contributed by atoms with Gasteiger partial charge in [0.05, 0.1) is 5.02 Å². The smallest absolute Gasteiger partial charge is 0.266 e. The van der Waals surface area contributed by atoms with Gasteiger partial charge < -0.3 is 4.42 Å². The standard InChI is InChI=1S/C9H7Cl2N3O/c10-4-3-8-13-14-9(15-8)7-2-1-6(11)5-12-7/h1-2,5H,3-4H2. The van der Waals surface area contributed by atoms with Crippen LogP contribution >= 0.6 is 23.2 Å². The molecule has 0 aliphatic rings. The molecule has 2 aromatic heterocycles. The van der Waals surface area contributed by atoms with Crippen LogP contribution < -0.4 is 0 Å². The lowest BCUT2D eigenvalue weighted by atomic mass is 10.3. The predicted molar refractivity (Wildman–Crippen MR) is 57.0 cm³/mol. The van der Waals surface area contributed by atoms with Crippen LogP contribution in [0, 0.1) is 0 Å². The normalized spacial score (nSPS) is 10.5. The van der Waals surface area contributed by atoms with Crippen molar-refractivity contribution < 1.29 is 4.42 Å². The first-order valence-electron chi connectivity index (χ1n) is 4.30. The molecule has 0 atom stereocenters. The van der Waals surface area contributed by atoms with E-state index in [0.29, 0.717) is 34.8 Å². The fraction of sp³-hybridized carbons (Fsp3) is 0.222. The summed E-state index contributed by atoms with van der Waals surface area (Å²) in [6, 6.07) is 3.44. The van der Waals surface area contributed by atoms with Crippen LogP contribution in [0.4, 0.5) is 0 Å². The van der Waals surface area contributed by atoms with E-state index in [1.807, 2.05) is 0 Å². The average Bonchev–Trinajstić information content (AvgIpc) is 2.68. The Balaban J connectivity index is 2.25. The highest BCUT2D eigenvalue weighted by atomic mass is 35.5. The third-order valence-electron chi connectivity index (χ3n) is 1.72. The molecule has 0 fully saturated rings. The van der Waals surface area contributed by atoms with Crippen molar-refractivity contribution in [3.63, 3.8) is 0 Å². The largest absolute Gasteiger partial charge is 0.419 e. The minimum atomic E-state index is 0.381. The van der Waals surface area contributed by atoms with Gasteiger partial charge in [-0.2, -0.15) is 0 Å². The average molecular weight is 244 g/mol. The summed E-state index contributed by atoms with van der Waals surface area (Å²) in [4.78, 5) is 4.06. The van der Waals surface area contributed by atoms with E-state index in [9.17, 15) is 0 Å². The molecule has 0 amide bonds. The van der Waals surface area contributed by atoms with Gasteiger partial charge in [0, 0.05) is 18.5 Å². The van der Waals surface area contributed by atoms with Crippen LogP contribution in [-0.2, 0) is 6.42 Å². The van der Waals surface area contributed by atoms with Crippen molar-refractivity contribution >= 4 is 23.2 Å². The molecule has 15 heavy (non-hydrogen) atoms. The number of aromatic nitrogens is 3. The molecule has 0 saturated heterocycles. The number of pyridine rings is 1. The number of rotatable bonds is 3. The SMILES string of the molecule is ClCCc1nnc(-c2ccc(Cl)cn2)o1. The number of aryl methyl sites for hydroxylation is 1. The maximum atomic E-state index is 5.71. The highest BCUT2D eigenvalue weighted by molar-refractivity contribution is 6.30. The minimum Gasteiger partial charge on any atom is -0.419 e. The van der Waals surface area contributed by atoms with Crippen LogP contribution in [0.1, 0.15) is 5.89 Å². The Hall–Kier alpha value is -1.13. The first-order valence-corrected chi connectivity index (χ1v) is 5.21. The lowest BCUT2D eigenvalue weighted by Crippen LogP contribution is -1.84. The van der Waals surface area contributed by atoms with Crippen molar-refractivity contribution in [2.24, 2.45) is 0 Å². The number of hydrogen-bond acceptors (Lipinski definition) is 4. The van der Waals surface area contributed by atoms with Gasteiger partial charge in [0.25, 0.3) is 5.89 Å². The van der Waals surface area contributed by atoms with Crippen LogP contribution in [0.25, 0.3) is 11.6 Å². The summed E-state index contributed by atoms with van der Waals surface area (Å²) in [7, 11) is 0. The fourth-order valence-electron chi connectivity index (χ4n) is 1.04. The molecule has 2 rings (SSSR count). The Morgan fingerprint density at radius 3 is 2.80 bits per heavy atom. The molecule has 0 aromatic carbocycles. The lowest BCUT2D eigenvalue weighted by Gasteiger charge is -1.92. The summed E-state index contributed by atoms with van der Waals surface area (Å²) in [5.74, 6) is 1.35. The Morgan fingerprint density at radius 2 is 2.13 bits per heavy atom. The number of halogens is 2. The summed E-state index contributed by atoms with van der Waals surface area (Å²) in [5, 5.41) is 8.25. The van der Waals surface area contributed by atoms with Crippen LogP contribution in [-0.4, -0.2) is 21.1 Å². The zero-order chi connectivity index (χ0) is 10.7. The van der Waals surface area contributed by atoms with Crippen LogP contribution in [0.3, 0.4) is 0 Å². The van der Waals surface area contributed by atoms with Gasteiger partial charge >= 0.3 is 0 Å². The summed E-state index contributed by atoms with van der Waals surface area (Å²) < 4.78 is 5.34. The second kappa shape index (κ2) is 4.59. The highest BCUT2D eigenvalue weighted by Crippen LogP contribution is 2.17. The van der Waals surface area contributed by atoms with E-state index in [4.69, 9.17) is 27.6 Å². The Bertz CT molecular complexity index is 441. The maximum absolute atomic E-state index is 5.71. The molecule has 0 saturated carbocycles. The summed E-state index contributed by atoms with van der Waals surface area (Å²) in [6.45, 7) is 0. The van der Waals surface area contributed by atoms with E-state index in [1.54, 1.807) is 12.1 Å². The van der Waals surface area contributed by atoms with Crippen molar-refractivity contribution in [2.75, 3.05) is 5.88 Å². The van der Waals surface area contributed by atoms with Gasteiger partial charge in [0.1, 0.15) is 5.69 Å². The van der Waals surface area contributed by atoms with Gasteiger partial charge in [0.2, 0.25) is 5.89 Å². The maximum Gasteiger partial charge on any atom is 0.266 e. The first-order chi connectivity index (χ1) is 7.29. The van der Waals surface area contributed by atoms with Crippen LogP contribution in [0.15, 0.2) is 22.7 Å². The van der Waals surface area contributed by atoms with Gasteiger partial charge in [-0.05, 0) is 12.1 Å². The van der Waals surface area contributed by atoms with Crippen molar-refractivity contribution in [1.82, 2.24) is 15.2 Å². The zero-order valence-corrected chi connectivity index (χ0v) is 9.16. The van der Waals surface area contributed by atoms with E-state index in [0.717, 1.165) is 0 Å². The van der Waals surface area contributed by atoms with Gasteiger partial charge in [0.15, 0.2) is 0 Å². The van der Waals surface area contributed by atoms with E-state index < -0.39 is 0 Å². The second-order valence-corrected chi connectivity index (χ2v) is 3.62. The van der Waals surface area contributed by atoms with E-state index in [2.05, 4.69) is 15.2 Å². The van der Waals surface area contributed by atoms with Gasteiger partial charge in [-0.1, -0.05) is 11.6 Å². The Labute approximate surface area is 96.2 Å². The molecule has 0 bridgehead atoms. The molecule has 4 nitrogen and oxygen atoms in total. The molecular weight excluding hydrogens is 237 g/mol. The molecule has 0 radical (unpaired) electrons. The third-order valence-corrected chi connectivity index (χ3v) is 2.13. The van der Waals surface area contributed by atoms with Crippen LogP contribution in [0.5, 0.6) is 0 Å². The zero-order valence-electron chi connectivity index (χ0n) is 7.65. The topological polar surface area (TPSA) is 51.8 Å². The summed E-state index contributed by atoms with van der Waals surface area (Å²) >= 11 is 11.3. The fourth-order valence-corrected chi connectivity index (χ4v) is 1.31. The number of alkyl halides is 1. The highest BCUT2D eigenvalue weighted by Gasteiger charge is 2.08. The monoisotopic (exact) mass is 243 g/mol. The quantitative estimate of drug-likeness (QED) is 0.778. The van der Waals surface area contributed by atoms with E-state index in [1.165, 1.54) is 6.20 Å². The molecular formula is C9H7Cl2N3O. The molecule has 2 aromatic rings. The van der Waals surface area contributed by atoms with Gasteiger partial charge in [-0.3, -0.25) is 0 Å². The van der Waals surface area contributed by atoms with Gasteiger partial charge in [-0.15, -0.1) is 21.8 Å². The minimum absolute atomic E-state index is 0.381. The third kappa shape index (κ3) is 2.46. The number of nitrogens with zero attached hydrogens (tertiary/aromatic N) is 3.